The van der Waals surface area contributed by atoms with Crippen LogP contribution in [0.1, 0.15) is 5.56 Å². The van der Waals surface area contributed by atoms with Crippen LogP contribution in [0.4, 0.5) is 5.69 Å². The Morgan fingerprint density at radius 2 is 1.90 bits per heavy atom. The Balaban J connectivity index is 1.72. The summed E-state index contributed by atoms with van der Waals surface area (Å²) in [6.45, 7) is 1.85. The van der Waals surface area contributed by atoms with Crippen molar-refractivity contribution >= 4 is 61.8 Å². The van der Waals surface area contributed by atoms with Gasteiger partial charge in [0.1, 0.15) is 0 Å². The molecular weight excluding hydrogens is 498 g/mol. The van der Waals surface area contributed by atoms with Crippen LogP contribution in [0.3, 0.4) is 0 Å². The van der Waals surface area contributed by atoms with Crippen LogP contribution in [-0.4, -0.2) is 21.2 Å². The monoisotopic (exact) mass is 513 g/mol. The number of nitrogens with one attached hydrogen (secondary N) is 1. The normalized spacial score (nSPS) is 10.9. The van der Waals surface area contributed by atoms with E-state index in [2.05, 4.69) is 26.2 Å². The van der Waals surface area contributed by atoms with Gasteiger partial charge in [-0.25, -0.2) is 4.98 Å². The van der Waals surface area contributed by atoms with Gasteiger partial charge in [-0.1, -0.05) is 63.6 Å². The topological polar surface area (TPSA) is 64.0 Å². The molecule has 0 saturated heterocycles. The molecule has 31 heavy (non-hydrogen) atoms. The summed E-state index contributed by atoms with van der Waals surface area (Å²) in [7, 11) is 0. The molecule has 0 atom stereocenters. The van der Waals surface area contributed by atoms with Gasteiger partial charge in [-0.15, -0.1) is 0 Å². The lowest BCUT2D eigenvalue weighted by atomic mass is 10.2. The van der Waals surface area contributed by atoms with E-state index >= 15 is 0 Å². The van der Waals surface area contributed by atoms with Crippen molar-refractivity contribution in [3.05, 3.63) is 92.1 Å². The van der Waals surface area contributed by atoms with Crippen molar-refractivity contribution in [2.24, 2.45) is 0 Å². The smallest absolute Gasteiger partial charge is 0.266 e. The highest BCUT2D eigenvalue weighted by Crippen LogP contribution is 2.26. The number of carbonyl (C=O) groups excluding carboxylic acids is 1. The van der Waals surface area contributed by atoms with E-state index in [4.69, 9.17) is 11.6 Å². The number of hydrogen-bond acceptors (Lipinski definition) is 4. The average Bonchev–Trinajstić information content (AvgIpc) is 2.75. The van der Waals surface area contributed by atoms with E-state index in [1.807, 2.05) is 43.3 Å². The Bertz CT molecular complexity index is 1360. The molecule has 0 radical (unpaired) electrons. The maximum atomic E-state index is 13.3. The summed E-state index contributed by atoms with van der Waals surface area (Å²) in [5.74, 6) is -0.100. The molecule has 0 aliphatic rings. The van der Waals surface area contributed by atoms with Crippen LogP contribution in [0.5, 0.6) is 0 Å². The summed E-state index contributed by atoms with van der Waals surface area (Å²) in [5, 5.41) is 4.35. The van der Waals surface area contributed by atoms with Crippen molar-refractivity contribution in [2.75, 3.05) is 11.1 Å². The molecular formula is C23H17BrClN3O2S. The van der Waals surface area contributed by atoms with Gasteiger partial charge in [-0.3, -0.25) is 14.2 Å². The van der Waals surface area contributed by atoms with E-state index in [9.17, 15) is 9.59 Å². The number of amides is 1. The molecule has 0 saturated carbocycles. The minimum absolute atomic E-state index is 0.0942. The Labute approximate surface area is 196 Å². The van der Waals surface area contributed by atoms with Crippen LogP contribution in [0.25, 0.3) is 16.6 Å². The second-order valence-electron chi connectivity index (χ2n) is 6.78. The highest BCUT2D eigenvalue weighted by Gasteiger charge is 2.17. The summed E-state index contributed by atoms with van der Waals surface area (Å²) < 4.78 is 2.40. The van der Waals surface area contributed by atoms with Crippen molar-refractivity contribution in [1.29, 1.82) is 0 Å². The van der Waals surface area contributed by atoms with Gasteiger partial charge in [0.15, 0.2) is 5.16 Å². The Morgan fingerprint density at radius 3 is 2.71 bits per heavy atom. The molecule has 0 unspecified atom stereocenters. The molecule has 5 nitrogen and oxygen atoms in total. The minimum atomic E-state index is -0.203. The second kappa shape index (κ2) is 9.26. The molecule has 3 aromatic carbocycles. The lowest BCUT2D eigenvalue weighted by Crippen LogP contribution is -2.23. The van der Waals surface area contributed by atoms with Gasteiger partial charge in [0.2, 0.25) is 5.91 Å². The first-order chi connectivity index (χ1) is 14.9. The number of fused-ring (bicyclic) bond motifs is 1. The number of nitrogens with zero attached hydrogens (tertiary/aromatic N) is 2. The molecule has 0 spiro atoms. The number of benzene rings is 3. The molecule has 8 heteroatoms. The number of rotatable bonds is 5. The summed E-state index contributed by atoms with van der Waals surface area (Å²) >= 11 is 10.9. The molecule has 1 aromatic heterocycles. The number of thioether (sulfide) groups is 1. The van der Waals surface area contributed by atoms with Gasteiger partial charge in [0, 0.05) is 15.2 Å². The quantitative estimate of drug-likeness (QED) is 0.268. The summed E-state index contributed by atoms with van der Waals surface area (Å²) in [5.41, 5.74) is 2.48. The van der Waals surface area contributed by atoms with E-state index in [0.717, 1.165) is 10.0 Å². The third-order valence-electron chi connectivity index (χ3n) is 4.67. The molecule has 0 bridgehead atoms. The van der Waals surface area contributed by atoms with E-state index < -0.39 is 0 Å². The molecule has 156 valence electrons. The van der Waals surface area contributed by atoms with Crippen molar-refractivity contribution in [1.82, 2.24) is 9.55 Å². The Hall–Kier alpha value is -2.61. The van der Waals surface area contributed by atoms with Gasteiger partial charge < -0.3 is 5.32 Å². The van der Waals surface area contributed by atoms with Crippen molar-refractivity contribution in [2.45, 2.75) is 12.1 Å². The molecule has 1 heterocycles. The number of aromatic nitrogens is 2. The zero-order chi connectivity index (χ0) is 22.0. The fraction of sp³-hybridized carbons (Fsp3) is 0.0870. The summed E-state index contributed by atoms with van der Waals surface area (Å²) in [6.07, 6.45) is 0. The fourth-order valence-corrected chi connectivity index (χ4v) is 4.53. The van der Waals surface area contributed by atoms with Crippen molar-refractivity contribution < 1.29 is 4.79 Å². The van der Waals surface area contributed by atoms with Gasteiger partial charge in [0.25, 0.3) is 5.56 Å². The lowest BCUT2D eigenvalue weighted by Gasteiger charge is -2.15. The van der Waals surface area contributed by atoms with Gasteiger partial charge in [0.05, 0.1) is 22.3 Å². The van der Waals surface area contributed by atoms with Crippen LogP contribution >= 0.6 is 39.3 Å². The third kappa shape index (κ3) is 4.69. The fourth-order valence-electron chi connectivity index (χ4n) is 3.15. The third-order valence-corrected chi connectivity index (χ3v) is 6.51. The zero-order valence-electron chi connectivity index (χ0n) is 16.4. The first kappa shape index (κ1) is 21.6. The predicted molar refractivity (Wildman–Crippen MR) is 131 cm³/mol. The van der Waals surface area contributed by atoms with Gasteiger partial charge in [-0.05, 0) is 55.0 Å². The van der Waals surface area contributed by atoms with Gasteiger partial charge >= 0.3 is 0 Å². The van der Waals surface area contributed by atoms with Crippen LogP contribution in [-0.2, 0) is 4.79 Å². The molecule has 0 fully saturated rings. The van der Waals surface area contributed by atoms with E-state index in [1.54, 1.807) is 30.3 Å². The number of anilines is 1. The molecule has 0 aliphatic carbocycles. The first-order valence-electron chi connectivity index (χ1n) is 9.39. The average molecular weight is 515 g/mol. The lowest BCUT2D eigenvalue weighted by molar-refractivity contribution is -0.113. The number of carbonyl (C=O) groups is 1. The number of halogens is 2. The SMILES string of the molecule is Cc1c(Cl)cccc1-n1c(SCC(=O)Nc2cccc(Br)c2)nc2ccccc2c1=O. The maximum absolute atomic E-state index is 13.3. The number of para-hydroxylation sites is 1. The van der Waals surface area contributed by atoms with Gasteiger partial charge in [-0.2, -0.15) is 0 Å². The van der Waals surface area contributed by atoms with Crippen LogP contribution in [0, 0.1) is 6.92 Å². The number of hydrogen-bond donors (Lipinski definition) is 1. The Kier molecular flexibility index (Phi) is 6.46. The molecule has 0 aliphatic heterocycles. The predicted octanol–water partition coefficient (Wildman–Crippen LogP) is 5.84. The summed E-state index contributed by atoms with van der Waals surface area (Å²) in [4.78, 5) is 30.5. The first-order valence-corrected chi connectivity index (χ1v) is 11.5. The molecule has 4 rings (SSSR count). The van der Waals surface area contributed by atoms with Crippen molar-refractivity contribution in [3.8, 4) is 5.69 Å². The largest absolute Gasteiger partial charge is 0.325 e. The standard InChI is InChI=1S/C23H17BrClN3O2S/c1-14-18(25)9-5-11-20(14)28-22(30)17-8-2-3-10-19(17)27-23(28)31-13-21(29)26-16-7-4-6-15(24)12-16/h2-12H,13H2,1H3,(H,26,29). The minimum Gasteiger partial charge on any atom is -0.325 e. The van der Waals surface area contributed by atoms with E-state index in [0.29, 0.717) is 32.5 Å². The highest BCUT2D eigenvalue weighted by atomic mass is 79.9. The van der Waals surface area contributed by atoms with Crippen LogP contribution < -0.4 is 10.9 Å². The van der Waals surface area contributed by atoms with E-state index in [1.165, 1.54) is 16.3 Å². The zero-order valence-corrected chi connectivity index (χ0v) is 19.6. The maximum Gasteiger partial charge on any atom is 0.266 e. The summed E-state index contributed by atoms with van der Waals surface area (Å²) in [6, 6.07) is 19.9. The van der Waals surface area contributed by atoms with Crippen LogP contribution in [0.2, 0.25) is 5.02 Å². The van der Waals surface area contributed by atoms with Crippen molar-refractivity contribution in [3.63, 3.8) is 0 Å². The second-order valence-corrected chi connectivity index (χ2v) is 9.05. The van der Waals surface area contributed by atoms with E-state index in [-0.39, 0.29) is 17.2 Å². The Morgan fingerprint density at radius 1 is 1.13 bits per heavy atom. The molecule has 4 aromatic rings. The highest BCUT2D eigenvalue weighted by molar-refractivity contribution is 9.10. The van der Waals surface area contributed by atoms with Crippen LogP contribution in [0.15, 0.2) is 81.2 Å². The molecule has 1 N–H and O–H groups in total. The molecule has 1 amide bonds.